The molecule has 28 heavy (non-hydrogen) atoms. The Hall–Kier alpha value is -2.57. The van der Waals surface area contributed by atoms with E-state index in [-0.39, 0.29) is 23.8 Å². The van der Waals surface area contributed by atoms with E-state index in [0.717, 1.165) is 18.4 Å². The number of anilines is 1. The van der Waals surface area contributed by atoms with Crippen LogP contribution in [0, 0.1) is 5.92 Å². The molecular formula is C21H32N4O3. The van der Waals surface area contributed by atoms with Crippen molar-refractivity contribution in [1.82, 2.24) is 14.7 Å². The molecule has 154 valence electrons. The first-order chi connectivity index (χ1) is 13.3. The molecule has 1 aliphatic heterocycles. The van der Waals surface area contributed by atoms with E-state index in [1.807, 2.05) is 38.1 Å². The summed E-state index contributed by atoms with van der Waals surface area (Å²) in [6, 6.07) is 7.54. The van der Waals surface area contributed by atoms with Gasteiger partial charge in [0.05, 0.1) is 5.92 Å². The molecule has 1 aromatic carbocycles. The van der Waals surface area contributed by atoms with E-state index < -0.39 is 0 Å². The zero-order valence-corrected chi connectivity index (χ0v) is 17.4. The first-order valence-electron chi connectivity index (χ1n) is 10.0. The van der Waals surface area contributed by atoms with Crippen LogP contribution in [-0.2, 0) is 16.1 Å². The van der Waals surface area contributed by atoms with Gasteiger partial charge < -0.3 is 20.0 Å². The van der Waals surface area contributed by atoms with Gasteiger partial charge in [-0.3, -0.25) is 9.59 Å². The minimum absolute atomic E-state index is 0.00500. The van der Waals surface area contributed by atoms with Gasteiger partial charge in [0.25, 0.3) is 0 Å². The number of carbonyl (C=O) groups is 3. The molecule has 2 rings (SSSR count). The molecule has 7 heteroatoms. The number of benzene rings is 1. The maximum absolute atomic E-state index is 12.8. The summed E-state index contributed by atoms with van der Waals surface area (Å²) in [7, 11) is 1.75. The summed E-state index contributed by atoms with van der Waals surface area (Å²) in [5, 5.41) is 2.98. The Kier molecular flexibility index (Phi) is 7.84. The van der Waals surface area contributed by atoms with Crippen LogP contribution >= 0.6 is 0 Å². The van der Waals surface area contributed by atoms with Gasteiger partial charge >= 0.3 is 6.03 Å². The molecule has 1 N–H and O–H groups in total. The summed E-state index contributed by atoms with van der Waals surface area (Å²) in [4.78, 5) is 42.0. The van der Waals surface area contributed by atoms with Gasteiger partial charge in [-0.25, -0.2) is 4.79 Å². The molecule has 1 aliphatic rings. The van der Waals surface area contributed by atoms with E-state index in [4.69, 9.17) is 0 Å². The highest BCUT2D eigenvalue weighted by molar-refractivity contribution is 5.93. The third-order valence-electron chi connectivity index (χ3n) is 5.25. The second-order valence-electron chi connectivity index (χ2n) is 7.30. The predicted molar refractivity (Wildman–Crippen MR) is 110 cm³/mol. The highest BCUT2D eigenvalue weighted by Gasteiger charge is 2.30. The first kappa shape index (κ1) is 21.7. The summed E-state index contributed by atoms with van der Waals surface area (Å²) < 4.78 is 0. The van der Waals surface area contributed by atoms with E-state index in [1.165, 1.54) is 6.92 Å². The van der Waals surface area contributed by atoms with Crippen molar-refractivity contribution in [1.29, 1.82) is 0 Å². The highest BCUT2D eigenvalue weighted by atomic mass is 16.2. The number of carbonyl (C=O) groups excluding carboxylic acids is 3. The van der Waals surface area contributed by atoms with Gasteiger partial charge in [-0.15, -0.1) is 0 Å². The van der Waals surface area contributed by atoms with Crippen LogP contribution in [0.4, 0.5) is 10.5 Å². The maximum atomic E-state index is 12.8. The van der Waals surface area contributed by atoms with Gasteiger partial charge in [-0.1, -0.05) is 12.1 Å². The van der Waals surface area contributed by atoms with Crippen molar-refractivity contribution >= 4 is 23.5 Å². The zero-order valence-electron chi connectivity index (χ0n) is 17.4. The average molecular weight is 389 g/mol. The van der Waals surface area contributed by atoms with E-state index in [1.54, 1.807) is 21.7 Å². The Morgan fingerprint density at radius 1 is 1.21 bits per heavy atom. The summed E-state index contributed by atoms with van der Waals surface area (Å²) in [6.07, 6.45) is 1.61. The van der Waals surface area contributed by atoms with Crippen molar-refractivity contribution < 1.29 is 14.4 Å². The molecule has 4 amide bonds. The van der Waals surface area contributed by atoms with Crippen LogP contribution in [0.25, 0.3) is 0 Å². The van der Waals surface area contributed by atoms with Crippen molar-refractivity contribution in [3.05, 3.63) is 29.8 Å². The van der Waals surface area contributed by atoms with Gasteiger partial charge in [0, 0.05) is 52.4 Å². The number of likely N-dealkylation sites (tertiary alicyclic amines) is 1. The Morgan fingerprint density at radius 2 is 1.93 bits per heavy atom. The van der Waals surface area contributed by atoms with E-state index in [9.17, 15) is 14.4 Å². The summed E-state index contributed by atoms with van der Waals surface area (Å²) in [5.41, 5.74) is 1.67. The summed E-state index contributed by atoms with van der Waals surface area (Å²) in [6.45, 7) is 8.45. The second kappa shape index (κ2) is 10.1. The fraction of sp³-hybridized carbons (Fsp3) is 0.571. The van der Waals surface area contributed by atoms with Crippen LogP contribution in [0.5, 0.6) is 0 Å². The molecule has 0 unspecified atom stereocenters. The smallest absolute Gasteiger partial charge is 0.320 e. The lowest BCUT2D eigenvalue weighted by molar-refractivity contribution is -0.128. The first-order valence-corrected chi connectivity index (χ1v) is 10.0. The minimum Gasteiger partial charge on any atom is -0.342 e. The fourth-order valence-electron chi connectivity index (χ4n) is 3.44. The Morgan fingerprint density at radius 3 is 2.57 bits per heavy atom. The van der Waals surface area contributed by atoms with Crippen LogP contribution < -0.4 is 5.32 Å². The number of rotatable bonds is 6. The molecule has 1 fully saturated rings. The van der Waals surface area contributed by atoms with Crippen LogP contribution in [0.15, 0.2) is 24.3 Å². The van der Waals surface area contributed by atoms with Crippen molar-refractivity contribution in [2.24, 2.45) is 5.92 Å². The minimum atomic E-state index is -0.211. The molecule has 0 radical (unpaired) electrons. The third-order valence-corrected chi connectivity index (χ3v) is 5.25. The maximum Gasteiger partial charge on any atom is 0.320 e. The predicted octanol–water partition coefficient (Wildman–Crippen LogP) is 2.78. The average Bonchev–Trinajstić information content (AvgIpc) is 2.69. The fourth-order valence-corrected chi connectivity index (χ4v) is 3.44. The van der Waals surface area contributed by atoms with Crippen LogP contribution in [0.3, 0.4) is 0 Å². The number of nitrogens with zero attached hydrogens (tertiary/aromatic N) is 3. The molecule has 0 spiro atoms. The monoisotopic (exact) mass is 388 g/mol. The quantitative estimate of drug-likeness (QED) is 0.814. The standard InChI is InChI=1S/C21H32N4O3/c1-5-24(6-2)21(28)25-12-8-10-18(15-25)20(27)22-19-11-7-9-17(13-19)14-23(4)16(3)26/h7,9,11,13,18H,5-6,8,10,12,14-15H2,1-4H3,(H,22,27)/t18-/m1/s1. The number of amides is 4. The van der Waals surface area contributed by atoms with E-state index in [0.29, 0.717) is 38.4 Å². The largest absolute Gasteiger partial charge is 0.342 e. The van der Waals surface area contributed by atoms with Crippen molar-refractivity contribution in [3.8, 4) is 0 Å². The molecule has 1 atom stereocenters. The molecule has 0 saturated carbocycles. The Labute approximate surface area is 167 Å². The van der Waals surface area contributed by atoms with E-state index in [2.05, 4.69) is 5.32 Å². The van der Waals surface area contributed by atoms with E-state index >= 15 is 0 Å². The zero-order chi connectivity index (χ0) is 20.7. The lowest BCUT2D eigenvalue weighted by Gasteiger charge is -2.35. The lowest BCUT2D eigenvalue weighted by Crippen LogP contribution is -2.49. The molecular weight excluding hydrogens is 356 g/mol. The molecule has 1 heterocycles. The SMILES string of the molecule is CCN(CC)C(=O)N1CCC[C@@H](C(=O)Nc2cccc(CN(C)C(C)=O)c2)C1. The van der Waals surface area contributed by atoms with Crippen molar-refractivity contribution in [2.45, 2.75) is 40.2 Å². The Bertz CT molecular complexity index is 703. The summed E-state index contributed by atoms with van der Waals surface area (Å²) >= 11 is 0. The lowest BCUT2D eigenvalue weighted by atomic mass is 9.97. The number of piperidine rings is 1. The topological polar surface area (TPSA) is 73.0 Å². The Balaban J connectivity index is 1.98. The van der Waals surface area contributed by atoms with Gasteiger partial charge in [-0.05, 0) is 44.4 Å². The number of urea groups is 1. The molecule has 1 aromatic rings. The summed E-state index contributed by atoms with van der Waals surface area (Å²) in [5.74, 6) is -0.277. The van der Waals surface area contributed by atoms with Crippen LogP contribution in [0.1, 0.15) is 39.2 Å². The van der Waals surface area contributed by atoms with Crippen molar-refractivity contribution in [2.75, 3.05) is 38.5 Å². The van der Waals surface area contributed by atoms with Gasteiger partial charge in [0.1, 0.15) is 0 Å². The van der Waals surface area contributed by atoms with Crippen LogP contribution in [-0.4, -0.2) is 65.8 Å². The second-order valence-corrected chi connectivity index (χ2v) is 7.30. The van der Waals surface area contributed by atoms with Crippen molar-refractivity contribution in [3.63, 3.8) is 0 Å². The van der Waals surface area contributed by atoms with Crippen LogP contribution in [0.2, 0.25) is 0 Å². The molecule has 1 saturated heterocycles. The van der Waals surface area contributed by atoms with Gasteiger partial charge in [0.15, 0.2) is 0 Å². The van der Waals surface area contributed by atoms with Gasteiger partial charge in [0.2, 0.25) is 11.8 Å². The highest BCUT2D eigenvalue weighted by Crippen LogP contribution is 2.21. The normalized spacial score (nSPS) is 16.4. The number of hydrogen-bond donors (Lipinski definition) is 1. The third kappa shape index (κ3) is 5.71. The van der Waals surface area contributed by atoms with Gasteiger partial charge in [-0.2, -0.15) is 0 Å². The molecule has 0 aliphatic carbocycles. The molecule has 7 nitrogen and oxygen atoms in total. The number of hydrogen-bond acceptors (Lipinski definition) is 3. The molecule has 0 aromatic heterocycles. The molecule has 0 bridgehead atoms. The number of nitrogens with one attached hydrogen (secondary N) is 1.